The Labute approximate surface area is 113 Å². The zero-order valence-electron chi connectivity index (χ0n) is 11.0. The van der Waals surface area contributed by atoms with Crippen molar-refractivity contribution < 1.29 is 9.84 Å². The molecule has 0 aromatic heterocycles. The number of aliphatic hydroxyl groups is 1. The van der Waals surface area contributed by atoms with E-state index in [-0.39, 0.29) is 0 Å². The topological polar surface area (TPSA) is 53.2 Å². The molecule has 19 heavy (non-hydrogen) atoms. The van der Waals surface area contributed by atoms with Gasteiger partial charge in [0, 0.05) is 17.4 Å². The van der Waals surface area contributed by atoms with Gasteiger partial charge in [-0.3, -0.25) is 0 Å². The van der Waals surface area contributed by atoms with Crippen molar-refractivity contribution in [3.05, 3.63) is 42.0 Å². The Kier molecular flexibility index (Phi) is 4.38. The van der Waals surface area contributed by atoms with Crippen LogP contribution in [0.15, 0.2) is 36.4 Å². The maximum absolute atomic E-state index is 9.83. The van der Waals surface area contributed by atoms with Crippen LogP contribution >= 0.6 is 0 Å². The molecule has 0 bridgehead atoms. The van der Waals surface area contributed by atoms with Gasteiger partial charge in [-0.2, -0.15) is 5.26 Å². The van der Waals surface area contributed by atoms with Gasteiger partial charge in [0.25, 0.3) is 0 Å². The van der Waals surface area contributed by atoms with Gasteiger partial charge >= 0.3 is 0 Å². The van der Waals surface area contributed by atoms with Crippen molar-refractivity contribution in [2.75, 3.05) is 6.61 Å². The quantitative estimate of drug-likeness (QED) is 0.831. The molecule has 98 valence electrons. The predicted octanol–water partition coefficient (Wildman–Crippen LogP) is 3.58. The Morgan fingerprint density at radius 1 is 1.26 bits per heavy atom. The Balaban J connectivity index is 2.36. The van der Waals surface area contributed by atoms with Crippen molar-refractivity contribution in [3.8, 4) is 11.8 Å². The zero-order chi connectivity index (χ0) is 13.7. The van der Waals surface area contributed by atoms with Gasteiger partial charge in [0.2, 0.25) is 0 Å². The summed E-state index contributed by atoms with van der Waals surface area (Å²) in [6.45, 7) is 2.22. The molecule has 0 spiro atoms. The Hall–Kier alpha value is -2.05. The van der Waals surface area contributed by atoms with Gasteiger partial charge in [0.15, 0.2) is 0 Å². The van der Waals surface area contributed by atoms with Gasteiger partial charge in [-0.05, 0) is 18.7 Å². The van der Waals surface area contributed by atoms with Gasteiger partial charge in [-0.15, -0.1) is 0 Å². The van der Waals surface area contributed by atoms with Crippen LogP contribution in [-0.4, -0.2) is 11.7 Å². The lowest BCUT2D eigenvalue weighted by molar-refractivity contribution is 0.191. The highest BCUT2D eigenvalue weighted by Gasteiger charge is 2.12. The summed E-state index contributed by atoms with van der Waals surface area (Å²) in [5.74, 6) is 0.728. The minimum Gasteiger partial charge on any atom is -0.493 e. The van der Waals surface area contributed by atoms with Crippen molar-refractivity contribution in [2.24, 2.45) is 0 Å². The minimum atomic E-state index is -0.574. The monoisotopic (exact) mass is 255 g/mol. The molecule has 3 heteroatoms. The summed E-state index contributed by atoms with van der Waals surface area (Å²) in [6, 6.07) is 13.9. The number of hydrogen-bond acceptors (Lipinski definition) is 3. The number of nitriles is 1. The maximum atomic E-state index is 9.83. The molecule has 0 aliphatic heterocycles. The summed E-state index contributed by atoms with van der Waals surface area (Å²) in [5, 5.41) is 20.5. The highest BCUT2D eigenvalue weighted by atomic mass is 16.5. The molecule has 0 saturated carbocycles. The molecule has 0 amide bonds. The number of benzene rings is 2. The Morgan fingerprint density at radius 3 is 2.79 bits per heavy atom. The van der Waals surface area contributed by atoms with Crippen LogP contribution in [0.3, 0.4) is 0 Å². The lowest BCUT2D eigenvalue weighted by atomic mass is 10.0. The van der Waals surface area contributed by atoms with Gasteiger partial charge in [0.1, 0.15) is 5.75 Å². The van der Waals surface area contributed by atoms with E-state index in [9.17, 15) is 5.11 Å². The molecule has 0 radical (unpaired) electrons. The van der Waals surface area contributed by atoms with E-state index >= 15 is 0 Å². The first-order chi connectivity index (χ1) is 9.24. The summed E-state index contributed by atoms with van der Waals surface area (Å²) in [4.78, 5) is 0. The molecule has 0 heterocycles. The van der Waals surface area contributed by atoms with Crippen LogP contribution < -0.4 is 4.74 Å². The average molecular weight is 255 g/mol. The van der Waals surface area contributed by atoms with Crippen LogP contribution in [0.1, 0.15) is 31.4 Å². The van der Waals surface area contributed by atoms with Gasteiger partial charge in [0.05, 0.1) is 18.8 Å². The normalized spacial score (nSPS) is 12.1. The van der Waals surface area contributed by atoms with E-state index in [1.807, 2.05) is 36.4 Å². The fourth-order valence-electron chi connectivity index (χ4n) is 2.08. The lowest BCUT2D eigenvalue weighted by Gasteiger charge is -2.15. The van der Waals surface area contributed by atoms with Crippen molar-refractivity contribution in [2.45, 2.75) is 25.9 Å². The molecule has 2 rings (SSSR count). The summed E-state index contributed by atoms with van der Waals surface area (Å²) < 4.78 is 5.80. The number of nitrogens with zero attached hydrogens (tertiary/aromatic N) is 1. The van der Waals surface area contributed by atoms with Crippen molar-refractivity contribution in [3.63, 3.8) is 0 Å². The van der Waals surface area contributed by atoms with E-state index in [4.69, 9.17) is 10.00 Å². The third-order valence-corrected chi connectivity index (χ3v) is 3.04. The number of hydrogen-bond donors (Lipinski definition) is 1. The second-order valence-corrected chi connectivity index (χ2v) is 4.49. The molecule has 3 nitrogen and oxygen atoms in total. The molecule has 2 aromatic rings. The van der Waals surface area contributed by atoms with E-state index in [0.717, 1.165) is 22.1 Å². The second-order valence-electron chi connectivity index (χ2n) is 4.49. The van der Waals surface area contributed by atoms with Crippen LogP contribution in [0.4, 0.5) is 0 Å². The highest BCUT2D eigenvalue weighted by Crippen LogP contribution is 2.33. The lowest BCUT2D eigenvalue weighted by Crippen LogP contribution is -2.03. The SMILES string of the molecule is CC(O)c1ccc2ccccc2c1OCCCC#N. The zero-order valence-corrected chi connectivity index (χ0v) is 11.0. The second kappa shape index (κ2) is 6.21. The van der Waals surface area contributed by atoms with Gasteiger partial charge < -0.3 is 9.84 Å². The Morgan fingerprint density at radius 2 is 2.05 bits per heavy atom. The van der Waals surface area contributed by atoms with Crippen LogP contribution in [0.25, 0.3) is 10.8 Å². The van der Waals surface area contributed by atoms with Crippen molar-refractivity contribution >= 4 is 10.8 Å². The molecule has 0 saturated heterocycles. The number of aliphatic hydroxyl groups excluding tert-OH is 1. The molecule has 0 aliphatic carbocycles. The number of fused-ring (bicyclic) bond motifs is 1. The van der Waals surface area contributed by atoms with E-state index in [2.05, 4.69) is 6.07 Å². The smallest absolute Gasteiger partial charge is 0.132 e. The molecule has 1 N–H and O–H groups in total. The van der Waals surface area contributed by atoms with Crippen LogP contribution in [0.5, 0.6) is 5.75 Å². The highest BCUT2D eigenvalue weighted by molar-refractivity contribution is 5.89. The molecule has 0 aliphatic rings. The van der Waals surface area contributed by atoms with Crippen LogP contribution in [0, 0.1) is 11.3 Å². The van der Waals surface area contributed by atoms with Crippen LogP contribution in [0.2, 0.25) is 0 Å². The van der Waals surface area contributed by atoms with E-state index in [1.54, 1.807) is 6.92 Å². The first-order valence-corrected chi connectivity index (χ1v) is 6.43. The molecular weight excluding hydrogens is 238 g/mol. The van der Waals surface area contributed by atoms with Crippen LogP contribution in [-0.2, 0) is 0 Å². The fraction of sp³-hybridized carbons (Fsp3) is 0.312. The summed E-state index contributed by atoms with van der Waals surface area (Å²) in [5.41, 5.74) is 0.788. The molecule has 2 aromatic carbocycles. The molecule has 1 atom stereocenters. The molecular formula is C16H17NO2. The fourth-order valence-corrected chi connectivity index (χ4v) is 2.08. The van der Waals surface area contributed by atoms with Gasteiger partial charge in [-0.25, -0.2) is 0 Å². The summed E-state index contributed by atoms with van der Waals surface area (Å²) >= 11 is 0. The summed E-state index contributed by atoms with van der Waals surface area (Å²) in [6.07, 6.45) is 0.601. The number of rotatable bonds is 5. The van der Waals surface area contributed by atoms with Crippen molar-refractivity contribution in [1.29, 1.82) is 5.26 Å². The number of unbranched alkanes of at least 4 members (excludes halogenated alkanes) is 1. The predicted molar refractivity (Wildman–Crippen MR) is 74.9 cm³/mol. The average Bonchev–Trinajstić information content (AvgIpc) is 2.43. The summed E-state index contributed by atoms with van der Waals surface area (Å²) in [7, 11) is 0. The standard InChI is InChI=1S/C16H17NO2/c1-12(18)14-9-8-13-6-2-3-7-15(13)16(14)19-11-5-4-10-17/h2-3,6-9,12,18H,4-5,11H2,1H3. The maximum Gasteiger partial charge on any atom is 0.132 e. The first-order valence-electron chi connectivity index (χ1n) is 6.43. The molecule has 0 fully saturated rings. The van der Waals surface area contributed by atoms with E-state index in [1.165, 1.54) is 0 Å². The largest absolute Gasteiger partial charge is 0.493 e. The Bertz CT molecular complexity index is 599. The number of ether oxygens (including phenoxy) is 1. The van der Waals surface area contributed by atoms with E-state index in [0.29, 0.717) is 19.4 Å². The minimum absolute atomic E-state index is 0.481. The third kappa shape index (κ3) is 3.04. The first kappa shape index (κ1) is 13.4. The molecule has 1 unspecified atom stereocenters. The van der Waals surface area contributed by atoms with Crippen molar-refractivity contribution in [1.82, 2.24) is 0 Å². The van der Waals surface area contributed by atoms with Gasteiger partial charge in [-0.1, -0.05) is 36.4 Å². The van der Waals surface area contributed by atoms with E-state index < -0.39 is 6.10 Å². The third-order valence-electron chi connectivity index (χ3n) is 3.04.